The highest BCUT2D eigenvalue weighted by Crippen LogP contribution is 2.18. The number of carbonyl (C=O) groups excluding carboxylic acids is 2. The average molecular weight is 438 g/mol. The molecule has 0 saturated carbocycles. The third kappa shape index (κ3) is 5.29. The molecule has 2 aromatic heterocycles. The molecule has 0 atom stereocenters. The summed E-state index contributed by atoms with van der Waals surface area (Å²) in [6.07, 6.45) is 2.60. The van der Waals surface area contributed by atoms with E-state index in [0.717, 1.165) is 5.82 Å². The normalized spacial score (nSPS) is 13.6. The standard InChI is InChI=1S/C22H20ClN5O3/c23-17-6-8-19(24-14-17)27-10-12-28(13-11-27)22(30)31-20-9-7-18(15-25-20)26-21(29)16-4-2-1-3-5-16/h1-9,14-15H,10-13H2,(H,26,29). The highest BCUT2D eigenvalue weighted by Gasteiger charge is 2.23. The summed E-state index contributed by atoms with van der Waals surface area (Å²) in [6, 6.07) is 15.7. The molecule has 4 rings (SSSR count). The van der Waals surface area contributed by atoms with Crippen molar-refractivity contribution in [1.82, 2.24) is 14.9 Å². The van der Waals surface area contributed by atoms with Gasteiger partial charge in [-0.2, -0.15) is 0 Å². The predicted octanol–water partition coefficient (Wildman–Crippen LogP) is 3.70. The maximum atomic E-state index is 12.4. The molecule has 0 unspecified atom stereocenters. The Morgan fingerprint density at radius 3 is 2.32 bits per heavy atom. The molecule has 3 heterocycles. The minimum absolute atomic E-state index is 0.171. The first-order chi connectivity index (χ1) is 15.1. The number of hydrogen-bond donors (Lipinski definition) is 1. The van der Waals surface area contributed by atoms with Crippen LogP contribution in [0.2, 0.25) is 5.02 Å². The van der Waals surface area contributed by atoms with Gasteiger partial charge < -0.3 is 19.9 Å². The van der Waals surface area contributed by atoms with Crippen molar-refractivity contribution < 1.29 is 14.3 Å². The lowest BCUT2D eigenvalue weighted by molar-refractivity contribution is 0.102. The van der Waals surface area contributed by atoms with Crippen molar-refractivity contribution >= 4 is 35.1 Å². The number of hydrogen-bond acceptors (Lipinski definition) is 6. The van der Waals surface area contributed by atoms with E-state index in [1.165, 1.54) is 6.20 Å². The third-order valence-electron chi connectivity index (χ3n) is 4.80. The molecule has 1 aliphatic rings. The van der Waals surface area contributed by atoms with E-state index in [1.807, 2.05) is 12.1 Å². The lowest BCUT2D eigenvalue weighted by Gasteiger charge is -2.34. The maximum absolute atomic E-state index is 12.4. The number of ether oxygens (including phenoxy) is 1. The van der Waals surface area contributed by atoms with Crippen molar-refractivity contribution in [2.24, 2.45) is 0 Å². The van der Waals surface area contributed by atoms with Crippen LogP contribution < -0.4 is 15.0 Å². The number of rotatable bonds is 4. The Hall–Kier alpha value is -3.65. The van der Waals surface area contributed by atoms with E-state index in [2.05, 4.69) is 20.2 Å². The van der Waals surface area contributed by atoms with Gasteiger partial charge in [-0.25, -0.2) is 14.8 Å². The van der Waals surface area contributed by atoms with Crippen molar-refractivity contribution in [2.75, 3.05) is 36.4 Å². The van der Waals surface area contributed by atoms with Gasteiger partial charge in [0.1, 0.15) is 5.82 Å². The van der Waals surface area contributed by atoms with Crippen LogP contribution in [0.4, 0.5) is 16.3 Å². The summed E-state index contributed by atoms with van der Waals surface area (Å²) in [7, 11) is 0. The smallest absolute Gasteiger partial charge is 0.391 e. The lowest BCUT2D eigenvalue weighted by Crippen LogP contribution is -2.49. The Labute approximate surface area is 184 Å². The number of carbonyl (C=O) groups is 2. The van der Waals surface area contributed by atoms with E-state index in [4.69, 9.17) is 16.3 Å². The number of anilines is 2. The summed E-state index contributed by atoms with van der Waals surface area (Å²) in [5.41, 5.74) is 1.06. The fourth-order valence-corrected chi connectivity index (χ4v) is 3.25. The molecule has 0 spiro atoms. The molecule has 1 aliphatic heterocycles. The van der Waals surface area contributed by atoms with Crippen molar-refractivity contribution in [3.63, 3.8) is 0 Å². The number of piperazine rings is 1. The molecule has 3 aromatic rings. The Morgan fingerprint density at radius 2 is 1.68 bits per heavy atom. The lowest BCUT2D eigenvalue weighted by atomic mass is 10.2. The molecule has 1 fully saturated rings. The predicted molar refractivity (Wildman–Crippen MR) is 118 cm³/mol. The molecule has 1 saturated heterocycles. The van der Waals surface area contributed by atoms with E-state index >= 15 is 0 Å². The van der Waals surface area contributed by atoms with E-state index < -0.39 is 6.09 Å². The van der Waals surface area contributed by atoms with Crippen LogP contribution in [0.1, 0.15) is 10.4 Å². The van der Waals surface area contributed by atoms with Crippen LogP contribution in [0, 0.1) is 0 Å². The first-order valence-electron chi connectivity index (χ1n) is 9.74. The fourth-order valence-electron chi connectivity index (χ4n) is 3.13. The summed E-state index contributed by atoms with van der Waals surface area (Å²) in [5.74, 6) is 0.761. The Kier molecular flexibility index (Phi) is 6.28. The number of pyridine rings is 2. The SMILES string of the molecule is O=C(Nc1ccc(OC(=O)N2CCN(c3ccc(Cl)cn3)CC2)nc1)c1ccccc1. The largest absolute Gasteiger partial charge is 0.416 e. The number of nitrogens with zero attached hydrogens (tertiary/aromatic N) is 4. The second kappa shape index (κ2) is 9.44. The number of nitrogens with one attached hydrogen (secondary N) is 1. The molecular weight excluding hydrogens is 418 g/mol. The maximum Gasteiger partial charge on any atom is 0.416 e. The Bertz CT molecular complexity index is 1040. The van der Waals surface area contributed by atoms with Crippen LogP contribution in [0.3, 0.4) is 0 Å². The van der Waals surface area contributed by atoms with E-state index in [9.17, 15) is 9.59 Å². The second-order valence-electron chi connectivity index (χ2n) is 6.88. The Balaban J connectivity index is 1.28. The first-order valence-corrected chi connectivity index (χ1v) is 10.1. The average Bonchev–Trinajstić information content (AvgIpc) is 2.81. The number of benzene rings is 1. The molecule has 1 aromatic carbocycles. The quantitative estimate of drug-likeness (QED) is 0.669. The topological polar surface area (TPSA) is 87.7 Å². The number of amides is 2. The van der Waals surface area contributed by atoms with E-state index in [0.29, 0.717) is 42.5 Å². The molecule has 0 radical (unpaired) electrons. The molecule has 1 N–H and O–H groups in total. The van der Waals surface area contributed by atoms with Gasteiger partial charge in [0, 0.05) is 44.0 Å². The second-order valence-corrected chi connectivity index (χ2v) is 7.32. The molecule has 31 heavy (non-hydrogen) atoms. The van der Waals surface area contributed by atoms with Crippen molar-refractivity contribution in [3.05, 3.63) is 77.6 Å². The monoisotopic (exact) mass is 437 g/mol. The van der Waals surface area contributed by atoms with E-state index in [1.54, 1.807) is 53.6 Å². The fraction of sp³-hybridized carbons (Fsp3) is 0.182. The van der Waals surface area contributed by atoms with Crippen molar-refractivity contribution in [2.45, 2.75) is 0 Å². The van der Waals surface area contributed by atoms with Gasteiger partial charge in [-0.15, -0.1) is 0 Å². The third-order valence-corrected chi connectivity index (χ3v) is 5.02. The van der Waals surface area contributed by atoms with Gasteiger partial charge in [0.15, 0.2) is 0 Å². The van der Waals surface area contributed by atoms with Gasteiger partial charge in [-0.05, 0) is 30.3 Å². The van der Waals surface area contributed by atoms with Crippen LogP contribution in [0.15, 0.2) is 67.0 Å². The first kappa shape index (κ1) is 20.6. The van der Waals surface area contributed by atoms with Gasteiger partial charge in [0.05, 0.1) is 16.9 Å². The molecule has 2 amide bonds. The van der Waals surface area contributed by atoms with Gasteiger partial charge in [0.25, 0.3) is 5.91 Å². The van der Waals surface area contributed by atoms with Gasteiger partial charge in [0.2, 0.25) is 5.88 Å². The van der Waals surface area contributed by atoms with Crippen molar-refractivity contribution in [3.8, 4) is 5.88 Å². The van der Waals surface area contributed by atoms with Crippen LogP contribution in [0.5, 0.6) is 5.88 Å². The van der Waals surface area contributed by atoms with Crippen LogP contribution in [0.25, 0.3) is 0 Å². The van der Waals surface area contributed by atoms with Crippen LogP contribution >= 0.6 is 11.6 Å². The molecule has 0 bridgehead atoms. The minimum atomic E-state index is -0.461. The number of aromatic nitrogens is 2. The molecule has 0 aliphatic carbocycles. The zero-order valence-corrected chi connectivity index (χ0v) is 17.3. The van der Waals surface area contributed by atoms with E-state index in [-0.39, 0.29) is 11.8 Å². The molecule has 9 heteroatoms. The summed E-state index contributed by atoms with van der Waals surface area (Å²) in [5, 5.41) is 3.34. The zero-order valence-electron chi connectivity index (χ0n) is 16.6. The van der Waals surface area contributed by atoms with Gasteiger partial charge in [-0.1, -0.05) is 29.8 Å². The van der Waals surface area contributed by atoms with Gasteiger partial charge >= 0.3 is 6.09 Å². The minimum Gasteiger partial charge on any atom is -0.391 e. The summed E-state index contributed by atoms with van der Waals surface area (Å²) < 4.78 is 5.37. The Morgan fingerprint density at radius 1 is 0.903 bits per heavy atom. The molecular formula is C22H20ClN5O3. The molecule has 158 valence electrons. The zero-order chi connectivity index (χ0) is 21.6. The number of halogens is 1. The van der Waals surface area contributed by atoms with Crippen LogP contribution in [-0.2, 0) is 0 Å². The highest BCUT2D eigenvalue weighted by atomic mass is 35.5. The highest BCUT2D eigenvalue weighted by molar-refractivity contribution is 6.30. The summed E-state index contributed by atoms with van der Waals surface area (Å²) in [4.78, 5) is 36.8. The van der Waals surface area contributed by atoms with Crippen LogP contribution in [-0.4, -0.2) is 53.0 Å². The van der Waals surface area contributed by atoms with Gasteiger partial charge in [-0.3, -0.25) is 4.79 Å². The summed E-state index contributed by atoms with van der Waals surface area (Å²) >= 11 is 5.88. The van der Waals surface area contributed by atoms with Crippen molar-refractivity contribution in [1.29, 1.82) is 0 Å². The summed E-state index contributed by atoms with van der Waals surface area (Å²) in [6.45, 7) is 2.30. The molecule has 8 nitrogen and oxygen atoms in total.